The van der Waals surface area contributed by atoms with Crippen LogP contribution in [0, 0.1) is 0 Å². The van der Waals surface area contributed by atoms with Gasteiger partial charge in [0.1, 0.15) is 0 Å². The van der Waals surface area contributed by atoms with Crippen LogP contribution in [0.25, 0.3) is 11.3 Å². The molecule has 3 nitrogen and oxygen atoms in total. The van der Waals surface area contributed by atoms with Crippen LogP contribution in [0.3, 0.4) is 0 Å². The summed E-state index contributed by atoms with van der Waals surface area (Å²) in [5.41, 5.74) is 6.12. The monoisotopic (exact) mass is 407 g/mol. The van der Waals surface area contributed by atoms with Crippen LogP contribution in [0.5, 0.6) is 0 Å². The molecule has 1 heterocycles. The first-order valence-electron chi connectivity index (χ1n) is 8.43. The van der Waals surface area contributed by atoms with Crippen molar-refractivity contribution in [2.75, 3.05) is 7.05 Å². The average molecular weight is 409 g/mol. The molecule has 2 N–H and O–H groups in total. The fourth-order valence-electron chi connectivity index (χ4n) is 3.80. The number of fused-ring (bicyclic) bond motifs is 1. The summed E-state index contributed by atoms with van der Waals surface area (Å²) in [6, 6.07) is 15.0. The molecule has 6 heteroatoms. The summed E-state index contributed by atoms with van der Waals surface area (Å²) >= 11 is 12.3. The van der Waals surface area contributed by atoms with Crippen molar-refractivity contribution in [3.63, 3.8) is 0 Å². The summed E-state index contributed by atoms with van der Waals surface area (Å²) in [6.45, 7) is 0. The number of halogens is 3. The second kappa shape index (κ2) is 8.01. The molecule has 1 aliphatic carbocycles. The highest BCUT2D eigenvalue weighted by atomic mass is 35.5. The average Bonchev–Trinajstić information content (AvgIpc) is 3.17. The van der Waals surface area contributed by atoms with Crippen molar-refractivity contribution in [1.82, 2.24) is 15.5 Å². The molecule has 4 rings (SSSR count). The van der Waals surface area contributed by atoms with E-state index in [1.54, 1.807) is 6.20 Å². The summed E-state index contributed by atoms with van der Waals surface area (Å²) in [5, 5.41) is 11.8. The molecule has 136 valence electrons. The van der Waals surface area contributed by atoms with Crippen molar-refractivity contribution in [3.05, 3.63) is 75.4 Å². The first-order valence-corrected chi connectivity index (χ1v) is 9.18. The number of H-pyrrole nitrogens is 1. The largest absolute Gasteiger partial charge is 0.313 e. The number of nitrogens with one attached hydrogen (secondary N) is 2. The molecule has 1 aromatic heterocycles. The van der Waals surface area contributed by atoms with Gasteiger partial charge in [-0.2, -0.15) is 5.10 Å². The molecule has 2 aromatic carbocycles. The van der Waals surface area contributed by atoms with Gasteiger partial charge in [-0.25, -0.2) is 0 Å². The highest BCUT2D eigenvalue weighted by Gasteiger charge is 2.28. The SMILES string of the molecule is CNC1CCC(c2ccc(Cl)c(Cl)c2)c2ccc(-c3ccn[nH]3)cc21.Cl. The first kappa shape index (κ1) is 19.2. The van der Waals surface area contributed by atoms with Gasteiger partial charge < -0.3 is 5.32 Å². The molecule has 1 aliphatic rings. The standard InChI is InChI=1S/C20H19Cl2N3.ClH/c1-23-20-7-5-14(12-3-6-17(21)18(22)11-12)15-4-2-13(10-16(15)20)19-8-9-24-25-19;/h2-4,6,8-11,14,20,23H,5,7H2,1H3,(H,24,25);1H. The summed E-state index contributed by atoms with van der Waals surface area (Å²) < 4.78 is 0. The van der Waals surface area contributed by atoms with Gasteiger partial charge in [0, 0.05) is 18.2 Å². The Morgan fingerprint density at radius 2 is 1.85 bits per heavy atom. The minimum atomic E-state index is 0. The number of rotatable bonds is 3. The van der Waals surface area contributed by atoms with Crippen LogP contribution < -0.4 is 5.32 Å². The minimum absolute atomic E-state index is 0. The molecular weight excluding hydrogens is 389 g/mol. The van der Waals surface area contributed by atoms with E-state index in [1.807, 2.05) is 25.2 Å². The lowest BCUT2D eigenvalue weighted by atomic mass is 9.76. The van der Waals surface area contributed by atoms with Crippen LogP contribution in [-0.2, 0) is 0 Å². The van der Waals surface area contributed by atoms with Gasteiger partial charge in [-0.1, -0.05) is 41.4 Å². The predicted molar refractivity (Wildman–Crippen MR) is 111 cm³/mol. The van der Waals surface area contributed by atoms with Crippen molar-refractivity contribution in [2.45, 2.75) is 24.8 Å². The Morgan fingerprint density at radius 3 is 2.54 bits per heavy atom. The maximum absolute atomic E-state index is 6.25. The van der Waals surface area contributed by atoms with E-state index in [9.17, 15) is 0 Å². The Bertz CT molecular complexity index is 893. The van der Waals surface area contributed by atoms with Crippen LogP contribution in [0.15, 0.2) is 48.7 Å². The Morgan fingerprint density at radius 1 is 1.00 bits per heavy atom. The molecule has 0 fully saturated rings. The molecule has 0 saturated heterocycles. The second-order valence-corrected chi connectivity index (χ2v) is 7.27. The molecule has 2 atom stereocenters. The van der Waals surface area contributed by atoms with E-state index < -0.39 is 0 Å². The summed E-state index contributed by atoms with van der Waals surface area (Å²) in [6.07, 6.45) is 3.95. The molecule has 0 saturated carbocycles. The quantitative estimate of drug-likeness (QED) is 0.558. The fraction of sp³-hybridized carbons (Fsp3) is 0.250. The topological polar surface area (TPSA) is 40.7 Å². The lowest BCUT2D eigenvalue weighted by molar-refractivity contribution is 0.471. The third-order valence-corrected chi connectivity index (χ3v) is 5.83. The molecule has 0 aliphatic heterocycles. The molecule has 0 spiro atoms. The number of aromatic amines is 1. The maximum Gasteiger partial charge on any atom is 0.0650 e. The number of benzene rings is 2. The van der Waals surface area contributed by atoms with Crippen molar-refractivity contribution >= 4 is 35.6 Å². The van der Waals surface area contributed by atoms with Crippen LogP contribution >= 0.6 is 35.6 Å². The van der Waals surface area contributed by atoms with E-state index in [2.05, 4.69) is 39.8 Å². The van der Waals surface area contributed by atoms with Crippen molar-refractivity contribution < 1.29 is 0 Å². The molecule has 0 radical (unpaired) electrons. The zero-order valence-corrected chi connectivity index (χ0v) is 16.6. The Hall–Kier alpha value is -1.52. The number of nitrogens with zero attached hydrogens (tertiary/aromatic N) is 1. The lowest BCUT2D eigenvalue weighted by Crippen LogP contribution is -2.24. The highest BCUT2D eigenvalue weighted by molar-refractivity contribution is 6.42. The van der Waals surface area contributed by atoms with Gasteiger partial charge in [0.25, 0.3) is 0 Å². The van der Waals surface area contributed by atoms with Crippen molar-refractivity contribution in [1.29, 1.82) is 0 Å². The summed E-state index contributed by atoms with van der Waals surface area (Å²) in [7, 11) is 2.02. The smallest absolute Gasteiger partial charge is 0.0650 e. The number of hydrogen-bond donors (Lipinski definition) is 2. The van der Waals surface area contributed by atoms with Crippen LogP contribution in [-0.4, -0.2) is 17.2 Å². The van der Waals surface area contributed by atoms with Crippen molar-refractivity contribution in [2.24, 2.45) is 0 Å². The van der Waals surface area contributed by atoms with E-state index in [1.165, 1.54) is 16.7 Å². The van der Waals surface area contributed by atoms with Gasteiger partial charge in [0.2, 0.25) is 0 Å². The van der Waals surface area contributed by atoms with Gasteiger partial charge in [-0.05, 0) is 66.4 Å². The number of aromatic nitrogens is 2. The Labute approximate surface area is 169 Å². The molecule has 2 unspecified atom stereocenters. The molecule has 0 amide bonds. The first-order chi connectivity index (χ1) is 12.2. The summed E-state index contributed by atoms with van der Waals surface area (Å²) in [4.78, 5) is 0. The zero-order chi connectivity index (χ0) is 17.4. The Kier molecular flexibility index (Phi) is 5.93. The predicted octanol–water partition coefficient (Wildman–Crippen LogP) is 5.99. The molecule has 3 aromatic rings. The van der Waals surface area contributed by atoms with E-state index in [-0.39, 0.29) is 12.4 Å². The van der Waals surface area contributed by atoms with E-state index in [0.717, 1.165) is 24.1 Å². The van der Waals surface area contributed by atoms with Gasteiger partial charge in [-0.15, -0.1) is 12.4 Å². The summed E-state index contributed by atoms with van der Waals surface area (Å²) in [5.74, 6) is 0.338. The van der Waals surface area contributed by atoms with Gasteiger partial charge in [0.15, 0.2) is 0 Å². The number of hydrogen-bond acceptors (Lipinski definition) is 2. The van der Waals surface area contributed by atoms with E-state index in [4.69, 9.17) is 23.2 Å². The lowest BCUT2D eigenvalue weighted by Gasteiger charge is -2.32. The van der Waals surface area contributed by atoms with Crippen LogP contribution in [0.4, 0.5) is 0 Å². The molecular formula is C20H20Cl3N3. The van der Waals surface area contributed by atoms with Gasteiger partial charge >= 0.3 is 0 Å². The third kappa shape index (κ3) is 3.49. The molecule has 0 bridgehead atoms. The normalized spacial score (nSPS) is 18.9. The van der Waals surface area contributed by atoms with E-state index >= 15 is 0 Å². The third-order valence-electron chi connectivity index (χ3n) is 5.09. The van der Waals surface area contributed by atoms with Crippen LogP contribution in [0.1, 0.15) is 41.5 Å². The molecule has 26 heavy (non-hydrogen) atoms. The van der Waals surface area contributed by atoms with Crippen molar-refractivity contribution in [3.8, 4) is 11.3 Å². The Balaban J connectivity index is 0.00000196. The van der Waals surface area contributed by atoms with Gasteiger partial charge in [0.05, 0.1) is 15.7 Å². The van der Waals surface area contributed by atoms with E-state index in [0.29, 0.717) is 22.0 Å². The highest BCUT2D eigenvalue weighted by Crippen LogP contribution is 2.43. The minimum Gasteiger partial charge on any atom is -0.313 e. The van der Waals surface area contributed by atoms with Gasteiger partial charge in [-0.3, -0.25) is 5.10 Å². The fourth-order valence-corrected chi connectivity index (χ4v) is 4.10. The zero-order valence-electron chi connectivity index (χ0n) is 14.3. The maximum atomic E-state index is 6.25. The second-order valence-electron chi connectivity index (χ2n) is 6.46. The van der Waals surface area contributed by atoms with Crippen LogP contribution in [0.2, 0.25) is 10.0 Å².